The van der Waals surface area contributed by atoms with E-state index >= 15 is 0 Å². The molecule has 0 bridgehead atoms. The third-order valence-corrected chi connectivity index (χ3v) is 4.66. The number of nitrogens with one attached hydrogen (secondary N) is 1. The number of amides is 2. The first kappa shape index (κ1) is 20.3. The zero-order valence-electron chi connectivity index (χ0n) is 14.1. The molecule has 0 saturated carbocycles. The van der Waals surface area contributed by atoms with Crippen LogP contribution in [0.1, 0.15) is 33.6 Å². The Bertz CT molecular complexity index is 498. The minimum Gasteiger partial charge on any atom is -0.480 e. The van der Waals surface area contributed by atoms with Crippen LogP contribution in [0.2, 0.25) is 0 Å². The lowest BCUT2D eigenvalue weighted by Crippen LogP contribution is -2.43. The van der Waals surface area contributed by atoms with Gasteiger partial charge in [-0.1, -0.05) is 25.6 Å². The normalized spacial score (nSPS) is 21.2. The molecule has 1 unspecified atom stereocenters. The van der Waals surface area contributed by atoms with Crippen LogP contribution in [0.25, 0.3) is 0 Å². The lowest BCUT2D eigenvalue weighted by atomic mass is 10.1. The molecule has 0 aromatic rings. The van der Waals surface area contributed by atoms with Crippen molar-refractivity contribution in [2.75, 3.05) is 18.8 Å². The van der Waals surface area contributed by atoms with Crippen molar-refractivity contribution in [2.45, 2.75) is 45.8 Å². The van der Waals surface area contributed by atoms with Gasteiger partial charge in [-0.3, -0.25) is 9.59 Å². The number of hydrogen-bond acceptors (Lipinski definition) is 6. The smallest absolute Gasteiger partial charge is 0.407 e. The van der Waals surface area contributed by atoms with Crippen molar-refractivity contribution < 1.29 is 29.0 Å². The maximum Gasteiger partial charge on any atom is 0.407 e. The molecule has 0 radical (unpaired) electrons. The number of ether oxygens (including phenoxy) is 1. The Morgan fingerprint density at radius 1 is 1.38 bits per heavy atom. The largest absolute Gasteiger partial charge is 0.480 e. The predicted octanol–water partition coefficient (Wildman–Crippen LogP) is 1.09. The second kappa shape index (κ2) is 9.51. The maximum absolute atomic E-state index is 12.5. The van der Waals surface area contributed by atoms with Gasteiger partial charge < -0.3 is 20.1 Å². The van der Waals surface area contributed by atoms with Crippen LogP contribution < -0.4 is 5.32 Å². The summed E-state index contributed by atoms with van der Waals surface area (Å²) >= 11 is 1.03. The van der Waals surface area contributed by atoms with Gasteiger partial charge in [-0.15, -0.1) is 0 Å². The molecule has 2 amide bonds. The van der Waals surface area contributed by atoms with Crippen LogP contribution in [-0.4, -0.2) is 64.1 Å². The number of nitrogens with zero attached hydrogens (tertiary/aromatic N) is 1. The Balaban J connectivity index is 2.67. The Labute approximate surface area is 145 Å². The Morgan fingerprint density at radius 3 is 2.58 bits per heavy atom. The van der Waals surface area contributed by atoms with Gasteiger partial charge in [0.1, 0.15) is 12.1 Å². The highest BCUT2D eigenvalue weighted by atomic mass is 32.2. The molecule has 1 rings (SSSR count). The summed E-state index contributed by atoms with van der Waals surface area (Å²) in [6.45, 7) is 5.48. The minimum absolute atomic E-state index is 0.0461. The van der Waals surface area contributed by atoms with Crippen LogP contribution in [0.4, 0.5) is 4.79 Å². The molecule has 8 nitrogen and oxygen atoms in total. The molecule has 0 aromatic heterocycles. The SMILES string of the molecule is CCCNC(=O)O[C@H]1C[C@@H](C(=O)O)N(C(=O)C(C)CSC(C)=O)C1. The van der Waals surface area contributed by atoms with Crippen molar-refractivity contribution in [1.82, 2.24) is 10.2 Å². The lowest BCUT2D eigenvalue weighted by molar-refractivity contribution is -0.149. The van der Waals surface area contributed by atoms with Gasteiger partial charge in [-0.05, 0) is 6.42 Å². The summed E-state index contributed by atoms with van der Waals surface area (Å²) in [7, 11) is 0. The zero-order chi connectivity index (χ0) is 18.3. The second-order valence-corrected chi connectivity index (χ2v) is 6.93. The summed E-state index contributed by atoms with van der Waals surface area (Å²) in [4.78, 5) is 47.7. The first-order chi connectivity index (χ1) is 11.3. The Kier molecular flexibility index (Phi) is 8.03. The highest BCUT2D eigenvalue weighted by Gasteiger charge is 2.42. The highest BCUT2D eigenvalue weighted by molar-refractivity contribution is 8.13. The quantitative estimate of drug-likeness (QED) is 0.699. The fourth-order valence-corrected chi connectivity index (χ4v) is 3.00. The van der Waals surface area contributed by atoms with Crippen molar-refractivity contribution in [2.24, 2.45) is 5.92 Å². The maximum atomic E-state index is 12.5. The van der Waals surface area contributed by atoms with Crippen LogP contribution in [0, 0.1) is 5.92 Å². The van der Waals surface area contributed by atoms with E-state index in [-0.39, 0.29) is 24.0 Å². The number of alkyl carbamates (subject to hydrolysis) is 1. The molecule has 9 heteroatoms. The first-order valence-electron chi connectivity index (χ1n) is 7.87. The number of hydrogen-bond donors (Lipinski definition) is 2. The monoisotopic (exact) mass is 360 g/mol. The number of carboxylic acid groups (broad SMARTS) is 1. The van der Waals surface area contributed by atoms with Crippen LogP contribution in [0.3, 0.4) is 0 Å². The molecule has 136 valence electrons. The summed E-state index contributed by atoms with van der Waals surface area (Å²) < 4.78 is 5.19. The van der Waals surface area contributed by atoms with E-state index in [1.807, 2.05) is 6.92 Å². The van der Waals surface area contributed by atoms with E-state index in [1.165, 1.54) is 11.8 Å². The number of aliphatic carboxylic acids is 1. The molecule has 3 atom stereocenters. The summed E-state index contributed by atoms with van der Waals surface area (Å²) in [5, 5.41) is 11.8. The molecule has 0 spiro atoms. The van der Waals surface area contributed by atoms with Crippen LogP contribution >= 0.6 is 11.8 Å². The molecule has 1 aliphatic heterocycles. The van der Waals surface area contributed by atoms with E-state index in [0.717, 1.165) is 18.2 Å². The van der Waals surface area contributed by atoms with Crippen molar-refractivity contribution in [1.29, 1.82) is 0 Å². The van der Waals surface area contributed by atoms with E-state index < -0.39 is 30.1 Å². The minimum atomic E-state index is -1.13. The standard InChI is InChI=1S/C15H24N2O6S/c1-4-5-16-15(22)23-11-6-12(14(20)21)17(7-11)13(19)9(2)8-24-10(3)18/h9,11-12H,4-8H2,1-3H3,(H,16,22)(H,20,21)/t9?,11-,12-/m0/s1. The summed E-state index contributed by atoms with van der Waals surface area (Å²) in [5.41, 5.74) is 0. The van der Waals surface area contributed by atoms with Crippen molar-refractivity contribution >= 4 is 34.8 Å². The predicted molar refractivity (Wildman–Crippen MR) is 88.6 cm³/mol. The molecule has 0 aromatic carbocycles. The molecule has 2 N–H and O–H groups in total. The van der Waals surface area contributed by atoms with E-state index in [2.05, 4.69) is 5.32 Å². The van der Waals surface area contributed by atoms with Gasteiger partial charge in [0.2, 0.25) is 5.91 Å². The average molecular weight is 360 g/mol. The van der Waals surface area contributed by atoms with Gasteiger partial charge in [-0.25, -0.2) is 9.59 Å². The van der Waals surface area contributed by atoms with Gasteiger partial charge in [0.05, 0.1) is 6.54 Å². The summed E-state index contributed by atoms with van der Waals surface area (Å²) in [6, 6.07) is -1.02. The number of carbonyl (C=O) groups excluding carboxylic acids is 3. The third kappa shape index (κ3) is 6.03. The van der Waals surface area contributed by atoms with E-state index in [1.54, 1.807) is 6.92 Å². The number of thioether (sulfide) groups is 1. The molecular weight excluding hydrogens is 336 g/mol. The Morgan fingerprint density at radius 2 is 2.04 bits per heavy atom. The van der Waals surface area contributed by atoms with Gasteiger partial charge in [0, 0.05) is 31.6 Å². The topological polar surface area (TPSA) is 113 Å². The van der Waals surface area contributed by atoms with Gasteiger partial charge in [0.25, 0.3) is 0 Å². The average Bonchev–Trinajstić information content (AvgIpc) is 2.93. The number of carboxylic acids is 1. The zero-order valence-corrected chi connectivity index (χ0v) is 14.9. The van der Waals surface area contributed by atoms with Gasteiger partial charge in [-0.2, -0.15) is 0 Å². The van der Waals surface area contributed by atoms with Crippen LogP contribution in [0.15, 0.2) is 0 Å². The van der Waals surface area contributed by atoms with Gasteiger partial charge in [0.15, 0.2) is 5.12 Å². The molecule has 1 fully saturated rings. The molecule has 24 heavy (non-hydrogen) atoms. The number of carbonyl (C=O) groups is 4. The molecule has 1 heterocycles. The molecule has 1 aliphatic rings. The van der Waals surface area contributed by atoms with Gasteiger partial charge >= 0.3 is 12.1 Å². The summed E-state index contributed by atoms with van der Waals surface area (Å²) in [6.07, 6.45) is -0.444. The van der Waals surface area contributed by atoms with Crippen molar-refractivity contribution in [3.8, 4) is 0 Å². The third-order valence-electron chi connectivity index (χ3n) is 3.58. The second-order valence-electron chi connectivity index (χ2n) is 5.74. The number of likely N-dealkylation sites (tertiary alicyclic amines) is 1. The summed E-state index contributed by atoms with van der Waals surface area (Å²) in [5.74, 6) is -1.68. The van der Waals surface area contributed by atoms with Crippen LogP contribution in [0.5, 0.6) is 0 Å². The van der Waals surface area contributed by atoms with E-state index in [9.17, 15) is 24.3 Å². The Hall–Kier alpha value is -1.77. The fraction of sp³-hybridized carbons (Fsp3) is 0.733. The lowest BCUT2D eigenvalue weighted by Gasteiger charge is -2.24. The first-order valence-corrected chi connectivity index (χ1v) is 8.85. The highest BCUT2D eigenvalue weighted by Crippen LogP contribution is 2.24. The molecular formula is C15H24N2O6S. The van der Waals surface area contributed by atoms with Crippen molar-refractivity contribution in [3.63, 3.8) is 0 Å². The number of rotatable bonds is 7. The van der Waals surface area contributed by atoms with Crippen LogP contribution in [-0.2, 0) is 19.1 Å². The molecule has 0 aliphatic carbocycles. The van der Waals surface area contributed by atoms with E-state index in [0.29, 0.717) is 12.3 Å². The van der Waals surface area contributed by atoms with E-state index in [4.69, 9.17) is 4.74 Å². The molecule has 1 saturated heterocycles. The fourth-order valence-electron chi connectivity index (χ4n) is 2.38. The van der Waals surface area contributed by atoms with Crippen molar-refractivity contribution in [3.05, 3.63) is 0 Å².